The van der Waals surface area contributed by atoms with Crippen LogP contribution < -0.4 is 4.90 Å². The van der Waals surface area contributed by atoms with Gasteiger partial charge in [-0.15, -0.1) is 0 Å². The second-order valence-corrected chi connectivity index (χ2v) is 8.93. The number of nitrogens with zero attached hydrogens (tertiary/aromatic N) is 7. The van der Waals surface area contributed by atoms with E-state index < -0.39 is 0 Å². The number of methoxy groups -OCH3 is 1. The van der Waals surface area contributed by atoms with E-state index in [4.69, 9.17) is 14.7 Å². The van der Waals surface area contributed by atoms with Gasteiger partial charge in [0.15, 0.2) is 0 Å². The van der Waals surface area contributed by atoms with Crippen LogP contribution in [0.1, 0.15) is 55.4 Å². The Kier molecular flexibility index (Phi) is 5.75. The van der Waals surface area contributed by atoms with Crippen molar-refractivity contribution >= 4 is 17.0 Å². The fourth-order valence-corrected chi connectivity index (χ4v) is 5.14. The molecule has 32 heavy (non-hydrogen) atoms. The molecule has 4 heterocycles. The van der Waals surface area contributed by atoms with Crippen LogP contribution in [0.3, 0.4) is 0 Å². The normalized spacial score (nSPS) is 21.8. The highest BCUT2D eigenvalue weighted by Crippen LogP contribution is 2.37. The van der Waals surface area contributed by atoms with Crippen LogP contribution in [0.2, 0.25) is 0 Å². The highest BCUT2D eigenvalue weighted by atomic mass is 16.5. The van der Waals surface area contributed by atoms with Gasteiger partial charge in [-0.3, -0.25) is 4.98 Å². The number of aromatic nitrogens is 5. The van der Waals surface area contributed by atoms with E-state index in [2.05, 4.69) is 31.6 Å². The summed E-state index contributed by atoms with van der Waals surface area (Å²) in [5.41, 5.74) is 3.95. The number of hydrogen-bond acceptors (Lipinski definition) is 7. The quantitative estimate of drug-likeness (QED) is 0.609. The minimum absolute atomic E-state index is 0.145. The highest BCUT2D eigenvalue weighted by molar-refractivity contribution is 5.75. The van der Waals surface area contributed by atoms with E-state index in [9.17, 15) is 5.26 Å². The zero-order valence-electron chi connectivity index (χ0n) is 18.7. The van der Waals surface area contributed by atoms with Crippen molar-refractivity contribution < 1.29 is 4.74 Å². The fourth-order valence-electron chi connectivity index (χ4n) is 5.14. The average molecular weight is 432 g/mol. The maximum Gasteiger partial charge on any atom is 0.225 e. The molecular weight excluding hydrogens is 402 g/mol. The Labute approximate surface area is 188 Å². The minimum Gasteiger partial charge on any atom is -0.381 e. The van der Waals surface area contributed by atoms with Gasteiger partial charge in [-0.25, -0.2) is 15.0 Å². The van der Waals surface area contributed by atoms with Crippen molar-refractivity contribution in [1.29, 1.82) is 5.26 Å². The molecule has 3 aromatic heterocycles. The number of fused-ring (bicyclic) bond motifs is 1. The zero-order chi connectivity index (χ0) is 22.1. The molecule has 1 saturated carbocycles. The summed E-state index contributed by atoms with van der Waals surface area (Å²) in [5, 5.41) is 9.31. The third kappa shape index (κ3) is 4.05. The van der Waals surface area contributed by atoms with Crippen LogP contribution in [0.4, 0.5) is 5.95 Å². The Morgan fingerprint density at radius 3 is 2.72 bits per heavy atom. The second-order valence-electron chi connectivity index (χ2n) is 8.93. The summed E-state index contributed by atoms with van der Waals surface area (Å²) in [5.74, 6) is 1.92. The lowest BCUT2D eigenvalue weighted by Crippen LogP contribution is -2.37. The van der Waals surface area contributed by atoms with Gasteiger partial charge in [-0.05, 0) is 51.2 Å². The number of aryl methyl sites for hydroxylation is 1. The van der Waals surface area contributed by atoms with Crippen molar-refractivity contribution in [3.05, 3.63) is 41.7 Å². The molecule has 2 aliphatic rings. The van der Waals surface area contributed by atoms with Crippen molar-refractivity contribution in [2.75, 3.05) is 25.1 Å². The van der Waals surface area contributed by atoms with Gasteiger partial charge in [-0.1, -0.05) is 0 Å². The lowest BCUT2D eigenvalue weighted by atomic mass is 10.1. The second kappa shape index (κ2) is 8.83. The van der Waals surface area contributed by atoms with E-state index in [1.54, 1.807) is 7.11 Å². The van der Waals surface area contributed by atoms with Crippen LogP contribution in [0, 0.1) is 24.2 Å². The highest BCUT2D eigenvalue weighted by Gasteiger charge is 2.28. The van der Waals surface area contributed by atoms with Crippen molar-refractivity contribution in [2.45, 2.75) is 57.6 Å². The first-order valence-electron chi connectivity index (χ1n) is 11.5. The molecule has 166 valence electrons. The molecule has 1 aliphatic carbocycles. The van der Waals surface area contributed by atoms with Gasteiger partial charge in [0.2, 0.25) is 5.95 Å². The van der Waals surface area contributed by atoms with Gasteiger partial charge in [-0.2, -0.15) is 5.26 Å². The van der Waals surface area contributed by atoms with Crippen LogP contribution >= 0.6 is 0 Å². The van der Waals surface area contributed by atoms with Gasteiger partial charge >= 0.3 is 0 Å². The van der Waals surface area contributed by atoms with Gasteiger partial charge in [0, 0.05) is 50.5 Å². The van der Waals surface area contributed by atoms with Crippen LogP contribution in [0.5, 0.6) is 0 Å². The molecule has 5 rings (SSSR count). The molecule has 0 spiro atoms. The van der Waals surface area contributed by atoms with E-state index >= 15 is 0 Å². The van der Waals surface area contributed by atoms with E-state index in [1.165, 1.54) is 0 Å². The summed E-state index contributed by atoms with van der Waals surface area (Å²) in [7, 11) is 1.78. The van der Waals surface area contributed by atoms with Gasteiger partial charge in [0.25, 0.3) is 0 Å². The van der Waals surface area contributed by atoms with E-state index in [0.29, 0.717) is 18.6 Å². The molecule has 0 unspecified atom stereocenters. The SMILES string of the molecule is COC1CCN(c2nccc(Cc3cc4c(cn3)nc(C)n4[C@H]3CC[C@H](C#N)C3)n2)CC1. The molecule has 0 aromatic carbocycles. The molecule has 0 N–H and O–H groups in total. The Hall–Kier alpha value is -3.05. The zero-order valence-corrected chi connectivity index (χ0v) is 18.7. The van der Waals surface area contributed by atoms with E-state index in [-0.39, 0.29) is 5.92 Å². The Balaban J connectivity index is 1.37. The number of ether oxygens (including phenoxy) is 1. The first-order chi connectivity index (χ1) is 15.6. The van der Waals surface area contributed by atoms with Crippen LogP contribution in [0.15, 0.2) is 24.5 Å². The Morgan fingerprint density at radius 2 is 1.97 bits per heavy atom. The lowest BCUT2D eigenvalue weighted by Gasteiger charge is -2.31. The first kappa shape index (κ1) is 20.8. The van der Waals surface area contributed by atoms with Crippen molar-refractivity contribution in [3.63, 3.8) is 0 Å². The van der Waals surface area contributed by atoms with Crippen LogP contribution in [0.25, 0.3) is 11.0 Å². The summed E-state index contributed by atoms with van der Waals surface area (Å²) >= 11 is 0. The number of hydrogen-bond donors (Lipinski definition) is 0. The largest absolute Gasteiger partial charge is 0.381 e. The van der Waals surface area contributed by atoms with Gasteiger partial charge in [0.1, 0.15) is 11.3 Å². The molecule has 8 nitrogen and oxygen atoms in total. The van der Waals surface area contributed by atoms with Gasteiger partial charge in [0.05, 0.1) is 29.6 Å². The topological polar surface area (TPSA) is 92.8 Å². The molecule has 3 aromatic rings. The first-order valence-corrected chi connectivity index (χ1v) is 11.5. The molecule has 2 atom stereocenters. The third-order valence-corrected chi connectivity index (χ3v) is 6.88. The monoisotopic (exact) mass is 431 g/mol. The van der Waals surface area contributed by atoms with Crippen LogP contribution in [-0.4, -0.2) is 50.8 Å². The molecule has 1 aliphatic heterocycles. The maximum absolute atomic E-state index is 9.31. The molecule has 8 heteroatoms. The minimum atomic E-state index is 0.145. The Morgan fingerprint density at radius 1 is 1.12 bits per heavy atom. The summed E-state index contributed by atoms with van der Waals surface area (Å²) in [6.45, 7) is 3.87. The predicted octanol–water partition coefficient (Wildman–Crippen LogP) is 3.60. The van der Waals surface area contributed by atoms with Gasteiger partial charge < -0.3 is 14.2 Å². The number of nitriles is 1. The molecule has 0 radical (unpaired) electrons. The smallest absolute Gasteiger partial charge is 0.225 e. The molecule has 2 fully saturated rings. The maximum atomic E-state index is 9.31. The van der Waals surface area contributed by atoms with E-state index in [1.807, 2.05) is 25.4 Å². The number of piperidine rings is 1. The van der Waals surface area contributed by atoms with Crippen molar-refractivity contribution in [2.24, 2.45) is 5.92 Å². The number of rotatable bonds is 5. The molecule has 0 bridgehead atoms. The number of pyridine rings is 1. The number of anilines is 1. The molecule has 1 saturated heterocycles. The lowest BCUT2D eigenvalue weighted by molar-refractivity contribution is 0.0816. The van der Waals surface area contributed by atoms with E-state index in [0.717, 1.165) is 79.4 Å². The fraction of sp³-hybridized carbons (Fsp3) is 0.542. The summed E-state index contributed by atoms with van der Waals surface area (Å²) in [4.78, 5) is 20.9. The summed E-state index contributed by atoms with van der Waals surface area (Å²) < 4.78 is 7.78. The summed E-state index contributed by atoms with van der Waals surface area (Å²) in [6.07, 6.45) is 9.57. The predicted molar refractivity (Wildman–Crippen MR) is 121 cm³/mol. The molecule has 0 amide bonds. The molecular formula is C24H29N7O. The average Bonchev–Trinajstić information content (AvgIpc) is 3.42. The van der Waals surface area contributed by atoms with Crippen molar-refractivity contribution in [1.82, 2.24) is 24.5 Å². The number of imidazole rings is 1. The van der Waals surface area contributed by atoms with Crippen LogP contribution in [-0.2, 0) is 11.2 Å². The Bertz CT molecular complexity index is 1140. The van der Waals surface area contributed by atoms with Crippen molar-refractivity contribution in [3.8, 4) is 6.07 Å². The standard InChI is InChI=1S/C24H29N7O/c1-16-28-22-15-27-19(13-23(22)31(16)20-4-3-17(11-20)14-25)12-18-5-8-26-24(29-18)30-9-6-21(32-2)7-10-30/h5,8,13,15,17,20-21H,3-4,6-7,9-12H2,1-2H3/t17-,20-/m0/s1. The third-order valence-electron chi connectivity index (χ3n) is 6.88. The summed E-state index contributed by atoms with van der Waals surface area (Å²) in [6, 6.07) is 6.87.